The Kier molecular flexibility index (Phi) is 13.5. The highest BCUT2D eigenvalue weighted by Gasteiger charge is 2.08. The van der Waals surface area contributed by atoms with Crippen LogP contribution in [0.1, 0.15) is 44.9 Å². The molecule has 1 aliphatic carbocycles. The number of unbranched alkanes of at least 4 members (excludes halogenated alkanes) is 1. The molecule has 0 amide bonds. The topological polar surface area (TPSA) is 20.2 Å². The molecule has 0 bridgehead atoms. The van der Waals surface area contributed by atoms with Crippen LogP contribution in [0.3, 0.4) is 0 Å². The Morgan fingerprint density at radius 2 is 1.12 bits per heavy atom. The van der Waals surface area contributed by atoms with E-state index in [-0.39, 0.29) is 6.61 Å². The van der Waals surface area contributed by atoms with E-state index in [0.717, 1.165) is 18.8 Å². The molecule has 24 heavy (non-hydrogen) atoms. The second-order valence-corrected chi connectivity index (χ2v) is 6.00. The van der Waals surface area contributed by atoms with Crippen LogP contribution in [-0.2, 0) is 0 Å². The van der Waals surface area contributed by atoms with Gasteiger partial charge in [0.1, 0.15) is 0 Å². The van der Waals surface area contributed by atoms with E-state index < -0.39 is 0 Å². The highest BCUT2D eigenvalue weighted by atomic mass is 16.2. The fourth-order valence-corrected chi connectivity index (χ4v) is 2.57. The fourth-order valence-electron chi connectivity index (χ4n) is 2.57. The van der Waals surface area contributed by atoms with Crippen molar-refractivity contribution in [3.05, 3.63) is 85.1 Å². The van der Waals surface area contributed by atoms with Crippen molar-refractivity contribution in [2.45, 2.75) is 44.9 Å². The number of allylic oxidation sites excluding steroid dienone is 14. The van der Waals surface area contributed by atoms with Gasteiger partial charge in [0, 0.05) is 6.61 Å². The summed E-state index contributed by atoms with van der Waals surface area (Å²) in [5.41, 5.74) is 0. The van der Waals surface area contributed by atoms with Crippen LogP contribution < -0.4 is 0 Å². The second-order valence-electron chi connectivity index (χ2n) is 6.00. The Labute approximate surface area is 148 Å². The van der Waals surface area contributed by atoms with Gasteiger partial charge in [-0.25, -0.2) is 0 Å². The minimum atomic E-state index is 0.262. The largest absolute Gasteiger partial charge is 0.396 e. The summed E-state index contributed by atoms with van der Waals surface area (Å²) in [7, 11) is 0. The van der Waals surface area contributed by atoms with Gasteiger partial charge in [-0.3, -0.25) is 0 Å². The zero-order valence-electron chi connectivity index (χ0n) is 14.8. The first-order chi connectivity index (χ1) is 11.9. The van der Waals surface area contributed by atoms with E-state index in [1.165, 1.54) is 32.1 Å². The third kappa shape index (κ3) is 12.7. The van der Waals surface area contributed by atoms with Gasteiger partial charge in [0.25, 0.3) is 0 Å². The molecule has 0 aromatic heterocycles. The van der Waals surface area contributed by atoms with Crippen molar-refractivity contribution in [3.63, 3.8) is 0 Å². The standard InChI is InChI=1S/C23H32O/c24-22-18-13-11-9-7-5-3-1-2-4-6-8-10-12-15-19-23-20-16-14-17-21-23/h1-12,15,19,23-24H,13-14,16-18,20-22H2/b3-1+,4-2+,7-5+,8-6+,11-9+,12-10+,19-15+. The van der Waals surface area contributed by atoms with Crippen molar-refractivity contribution in [3.8, 4) is 0 Å². The molecule has 1 nitrogen and oxygen atoms in total. The van der Waals surface area contributed by atoms with Crippen molar-refractivity contribution in [2.24, 2.45) is 5.92 Å². The molecule has 0 aromatic rings. The number of rotatable bonds is 10. The molecule has 1 heteroatoms. The van der Waals surface area contributed by atoms with Gasteiger partial charge in [-0.15, -0.1) is 0 Å². The van der Waals surface area contributed by atoms with Crippen molar-refractivity contribution in [2.75, 3.05) is 6.61 Å². The van der Waals surface area contributed by atoms with Crippen molar-refractivity contribution in [1.82, 2.24) is 0 Å². The predicted molar refractivity (Wildman–Crippen MR) is 107 cm³/mol. The first-order valence-electron chi connectivity index (χ1n) is 9.21. The van der Waals surface area contributed by atoms with E-state index in [1.807, 2.05) is 48.6 Å². The molecule has 1 rings (SSSR count). The number of hydrogen-bond donors (Lipinski definition) is 1. The molecular weight excluding hydrogens is 292 g/mol. The van der Waals surface area contributed by atoms with Crippen LogP contribution in [0.2, 0.25) is 0 Å². The summed E-state index contributed by atoms with van der Waals surface area (Å²) in [6.07, 6.45) is 37.6. The third-order valence-corrected chi connectivity index (χ3v) is 3.92. The predicted octanol–water partition coefficient (Wildman–Crippen LogP) is 6.23. The smallest absolute Gasteiger partial charge is 0.0433 e. The monoisotopic (exact) mass is 324 g/mol. The third-order valence-electron chi connectivity index (χ3n) is 3.92. The van der Waals surface area contributed by atoms with Crippen LogP contribution in [-0.4, -0.2) is 11.7 Å². The van der Waals surface area contributed by atoms with Crippen LogP contribution in [0.5, 0.6) is 0 Å². The summed E-state index contributed by atoms with van der Waals surface area (Å²) >= 11 is 0. The van der Waals surface area contributed by atoms with Crippen molar-refractivity contribution in [1.29, 1.82) is 0 Å². The Morgan fingerprint density at radius 1 is 0.625 bits per heavy atom. The normalized spacial score (nSPS) is 18.2. The van der Waals surface area contributed by atoms with Crippen molar-refractivity contribution < 1.29 is 5.11 Å². The lowest BCUT2D eigenvalue weighted by Gasteiger charge is -2.17. The fraction of sp³-hybridized carbons (Fsp3) is 0.391. The minimum Gasteiger partial charge on any atom is -0.396 e. The Bertz CT molecular complexity index is 480. The van der Waals surface area contributed by atoms with Crippen LogP contribution >= 0.6 is 0 Å². The quantitative estimate of drug-likeness (QED) is 0.373. The molecule has 0 unspecified atom stereocenters. The zero-order valence-corrected chi connectivity index (χ0v) is 14.8. The van der Waals surface area contributed by atoms with Gasteiger partial charge >= 0.3 is 0 Å². The Morgan fingerprint density at radius 3 is 1.67 bits per heavy atom. The lowest BCUT2D eigenvalue weighted by molar-refractivity contribution is 0.289. The summed E-state index contributed by atoms with van der Waals surface area (Å²) in [5.74, 6) is 0.801. The van der Waals surface area contributed by atoms with Gasteiger partial charge < -0.3 is 5.11 Å². The lowest BCUT2D eigenvalue weighted by Crippen LogP contribution is -2.02. The molecule has 1 N–H and O–H groups in total. The molecule has 0 saturated heterocycles. The maximum absolute atomic E-state index is 8.64. The maximum Gasteiger partial charge on any atom is 0.0433 e. The average molecular weight is 325 g/mol. The molecule has 1 aliphatic rings. The minimum absolute atomic E-state index is 0.262. The van der Waals surface area contributed by atoms with Crippen LogP contribution in [0, 0.1) is 5.92 Å². The zero-order chi connectivity index (χ0) is 17.1. The van der Waals surface area contributed by atoms with E-state index in [9.17, 15) is 0 Å². The molecule has 0 aromatic carbocycles. The van der Waals surface area contributed by atoms with Crippen LogP contribution in [0.25, 0.3) is 0 Å². The molecule has 0 spiro atoms. The van der Waals surface area contributed by atoms with E-state index >= 15 is 0 Å². The highest BCUT2D eigenvalue weighted by Crippen LogP contribution is 2.24. The summed E-state index contributed by atoms with van der Waals surface area (Å²) in [4.78, 5) is 0. The van der Waals surface area contributed by atoms with E-state index in [0.29, 0.717) is 0 Å². The lowest BCUT2D eigenvalue weighted by atomic mass is 9.89. The summed E-state index contributed by atoms with van der Waals surface area (Å²) < 4.78 is 0. The molecule has 1 fully saturated rings. The van der Waals surface area contributed by atoms with Gasteiger partial charge in [-0.1, -0.05) is 104 Å². The number of aliphatic hydroxyl groups is 1. The first kappa shape index (κ1) is 20.2. The maximum atomic E-state index is 8.64. The molecule has 0 atom stereocenters. The highest BCUT2D eigenvalue weighted by molar-refractivity contribution is 5.20. The van der Waals surface area contributed by atoms with E-state index in [2.05, 4.69) is 36.5 Å². The van der Waals surface area contributed by atoms with Gasteiger partial charge in [-0.2, -0.15) is 0 Å². The summed E-state index contributed by atoms with van der Waals surface area (Å²) in [6.45, 7) is 0.262. The number of hydrogen-bond acceptors (Lipinski definition) is 1. The molecule has 0 aliphatic heterocycles. The average Bonchev–Trinajstić information content (AvgIpc) is 2.62. The van der Waals surface area contributed by atoms with Gasteiger partial charge in [-0.05, 0) is 31.6 Å². The first-order valence-corrected chi connectivity index (χ1v) is 9.21. The Balaban J connectivity index is 2.10. The molecule has 130 valence electrons. The van der Waals surface area contributed by atoms with Crippen LogP contribution in [0.15, 0.2) is 85.1 Å². The van der Waals surface area contributed by atoms with Crippen molar-refractivity contribution >= 4 is 0 Å². The SMILES string of the molecule is OCCC/C=C/C=C/C=C/C=C/C=C/C=C/C=C/C1CCCCC1. The molecular formula is C23H32O. The Hall–Kier alpha value is -1.86. The molecule has 1 saturated carbocycles. The van der Waals surface area contributed by atoms with Crippen LogP contribution in [0.4, 0.5) is 0 Å². The van der Waals surface area contributed by atoms with E-state index in [1.54, 1.807) is 0 Å². The molecule has 0 radical (unpaired) electrons. The van der Waals surface area contributed by atoms with Gasteiger partial charge in [0.2, 0.25) is 0 Å². The molecule has 0 heterocycles. The second kappa shape index (κ2) is 16.0. The van der Waals surface area contributed by atoms with E-state index in [4.69, 9.17) is 5.11 Å². The summed E-state index contributed by atoms with van der Waals surface area (Å²) in [6, 6.07) is 0. The summed E-state index contributed by atoms with van der Waals surface area (Å²) in [5, 5.41) is 8.64. The van der Waals surface area contributed by atoms with Gasteiger partial charge in [0.15, 0.2) is 0 Å². The number of aliphatic hydroxyl groups excluding tert-OH is 1. The van der Waals surface area contributed by atoms with Gasteiger partial charge in [0.05, 0.1) is 0 Å².